The Bertz CT molecular complexity index is 478. The number of benzene rings is 1. The van der Waals surface area contributed by atoms with Crippen LogP contribution in [-0.2, 0) is 0 Å². The summed E-state index contributed by atoms with van der Waals surface area (Å²) in [4.78, 5) is 13.8. The van der Waals surface area contributed by atoms with Gasteiger partial charge in [0, 0.05) is 18.3 Å². The van der Waals surface area contributed by atoms with Crippen molar-refractivity contribution in [2.75, 3.05) is 32.7 Å². The zero-order chi connectivity index (χ0) is 14.5. The van der Waals surface area contributed by atoms with E-state index in [-0.39, 0.29) is 18.7 Å². The Morgan fingerprint density at radius 2 is 2.15 bits per heavy atom. The van der Waals surface area contributed by atoms with Crippen LogP contribution in [0.25, 0.3) is 0 Å². The van der Waals surface area contributed by atoms with Crippen LogP contribution in [0.1, 0.15) is 12.8 Å². The van der Waals surface area contributed by atoms with E-state index in [4.69, 9.17) is 9.47 Å². The van der Waals surface area contributed by atoms with E-state index in [2.05, 4.69) is 5.32 Å². The van der Waals surface area contributed by atoms with Gasteiger partial charge in [-0.15, -0.1) is 0 Å². The van der Waals surface area contributed by atoms with E-state index in [0.29, 0.717) is 23.7 Å². The number of nitrogens with zero attached hydrogens (tertiary/aromatic N) is 1. The second-order valence-corrected chi connectivity index (χ2v) is 4.67. The lowest BCUT2D eigenvalue weighted by molar-refractivity contribution is 0.166. The number of aliphatic hydroxyl groups excluding tert-OH is 1. The van der Waals surface area contributed by atoms with Crippen LogP contribution in [-0.4, -0.2) is 49.5 Å². The van der Waals surface area contributed by atoms with Crippen LogP contribution in [0.2, 0.25) is 0 Å². The van der Waals surface area contributed by atoms with Gasteiger partial charge in [0.1, 0.15) is 0 Å². The molecule has 1 atom stereocenters. The lowest BCUT2D eigenvalue weighted by atomic mass is 10.2. The first kappa shape index (κ1) is 14.5. The molecule has 6 nitrogen and oxygen atoms in total. The van der Waals surface area contributed by atoms with Crippen LogP contribution in [0.15, 0.2) is 18.2 Å². The molecule has 1 aromatic rings. The maximum atomic E-state index is 12.2. The fraction of sp³-hybridized carbons (Fsp3) is 0.500. The van der Waals surface area contributed by atoms with Crippen molar-refractivity contribution in [3.05, 3.63) is 18.2 Å². The highest BCUT2D eigenvalue weighted by atomic mass is 16.5. The molecule has 6 heteroatoms. The number of nitrogens with one attached hydrogen (secondary N) is 1. The molecule has 0 radical (unpaired) electrons. The summed E-state index contributed by atoms with van der Waals surface area (Å²) in [6, 6.07) is 4.91. The highest BCUT2D eigenvalue weighted by molar-refractivity contribution is 5.90. The molecule has 2 N–H and O–H groups in total. The Hall–Kier alpha value is -1.95. The monoisotopic (exact) mass is 280 g/mol. The zero-order valence-electron chi connectivity index (χ0n) is 11.8. The maximum absolute atomic E-state index is 12.2. The van der Waals surface area contributed by atoms with Gasteiger partial charge in [-0.05, 0) is 25.0 Å². The molecule has 1 aliphatic rings. The topological polar surface area (TPSA) is 71.0 Å². The van der Waals surface area contributed by atoms with E-state index in [1.165, 1.54) is 0 Å². The third kappa shape index (κ3) is 2.96. The molecule has 1 aliphatic heterocycles. The van der Waals surface area contributed by atoms with Gasteiger partial charge < -0.3 is 24.8 Å². The molecule has 110 valence electrons. The third-order valence-corrected chi connectivity index (χ3v) is 3.48. The lowest BCUT2D eigenvalue weighted by Gasteiger charge is -2.23. The first-order chi connectivity index (χ1) is 9.69. The Labute approximate surface area is 118 Å². The van der Waals surface area contributed by atoms with Crippen molar-refractivity contribution in [3.63, 3.8) is 0 Å². The molecule has 0 aliphatic carbocycles. The van der Waals surface area contributed by atoms with Gasteiger partial charge in [-0.1, -0.05) is 0 Å². The molecule has 1 fully saturated rings. The Morgan fingerprint density at radius 1 is 1.40 bits per heavy atom. The van der Waals surface area contributed by atoms with Crippen LogP contribution in [0.5, 0.6) is 11.5 Å². The van der Waals surface area contributed by atoms with E-state index in [0.717, 1.165) is 12.8 Å². The average Bonchev–Trinajstić information content (AvgIpc) is 2.95. The van der Waals surface area contributed by atoms with E-state index < -0.39 is 0 Å². The Balaban J connectivity index is 2.07. The molecule has 0 bridgehead atoms. The third-order valence-electron chi connectivity index (χ3n) is 3.48. The van der Waals surface area contributed by atoms with Gasteiger partial charge in [0.05, 0.1) is 26.9 Å². The summed E-state index contributed by atoms with van der Waals surface area (Å²) in [7, 11) is 3.11. The standard InChI is InChI=1S/C14H20N2O4/c1-19-12-6-5-10(8-13(12)20-2)15-14(18)16-7-3-4-11(16)9-17/h5-6,8,11,17H,3-4,7,9H2,1-2H3,(H,15,18)/t11-/m1/s1. The van der Waals surface area contributed by atoms with Gasteiger partial charge >= 0.3 is 6.03 Å². The average molecular weight is 280 g/mol. The molecular weight excluding hydrogens is 260 g/mol. The molecule has 0 saturated carbocycles. The Morgan fingerprint density at radius 3 is 2.80 bits per heavy atom. The van der Waals surface area contributed by atoms with Gasteiger partial charge in [-0.3, -0.25) is 0 Å². The summed E-state index contributed by atoms with van der Waals surface area (Å²) >= 11 is 0. The van der Waals surface area contributed by atoms with E-state index in [1.54, 1.807) is 37.3 Å². The number of carbonyl (C=O) groups excluding carboxylic acids is 1. The summed E-state index contributed by atoms with van der Waals surface area (Å²) in [5, 5.41) is 12.1. The van der Waals surface area contributed by atoms with Gasteiger partial charge in [0.2, 0.25) is 0 Å². The molecule has 1 heterocycles. The van der Waals surface area contributed by atoms with Gasteiger partial charge in [-0.2, -0.15) is 0 Å². The number of ether oxygens (including phenoxy) is 2. The summed E-state index contributed by atoms with van der Waals surface area (Å²) in [6.07, 6.45) is 1.76. The minimum Gasteiger partial charge on any atom is -0.493 e. The van der Waals surface area contributed by atoms with Gasteiger partial charge in [0.15, 0.2) is 11.5 Å². The van der Waals surface area contributed by atoms with Crippen molar-refractivity contribution < 1.29 is 19.4 Å². The molecule has 0 unspecified atom stereocenters. The fourth-order valence-corrected chi connectivity index (χ4v) is 2.40. The van der Waals surface area contributed by atoms with Crippen molar-refractivity contribution in [2.45, 2.75) is 18.9 Å². The number of carbonyl (C=O) groups is 1. The number of hydrogen-bond donors (Lipinski definition) is 2. The van der Waals surface area contributed by atoms with E-state index in [9.17, 15) is 9.90 Å². The highest BCUT2D eigenvalue weighted by Crippen LogP contribution is 2.30. The lowest BCUT2D eigenvalue weighted by Crippen LogP contribution is -2.40. The number of anilines is 1. The number of rotatable bonds is 4. The molecule has 0 aromatic heterocycles. The quantitative estimate of drug-likeness (QED) is 0.880. The van der Waals surface area contributed by atoms with Crippen LogP contribution in [0.3, 0.4) is 0 Å². The SMILES string of the molecule is COc1ccc(NC(=O)N2CCC[C@@H]2CO)cc1OC. The number of hydrogen-bond acceptors (Lipinski definition) is 4. The van der Waals surface area contributed by atoms with Crippen molar-refractivity contribution in [3.8, 4) is 11.5 Å². The number of amides is 2. The van der Waals surface area contributed by atoms with Crippen molar-refractivity contribution in [1.82, 2.24) is 4.90 Å². The van der Waals surface area contributed by atoms with Crippen molar-refractivity contribution in [1.29, 1.82) is 0 Å². The smallest absolute Gasteiger partial charge is 0.322 e. The molecule has 2 rings (SSSR count). The van der Waals surface area contributed by atoms with Crippen LogP contribution >= 0.6 is 0 Å². The van der Waals surface area contributed by atoms with E-state index >= 15 is 0 Å². The number of likely N-dealkylation sites (tertiary alicyclic amines) is 1. The predicted octanol–water partition coefficient (Wildman–Crippen LogP) is 1.69. The first-order valence-electron chi connectivity index (χ1n) is 6.60. The number of methoxy groups -OCH3 is 2. The van der Waals surface area contributed by atoms with Crippen LogP contribution < -0.4 is 14.8 Å². The summed E-state index contributed by atoms with van der Waals surface area (Å²) in [5.74, 6) is 1.17. The summed E-state index contributed by atoms with van der Waals surface area (Å²) in [6.45, 7) is 0.670. The van der Waals surface area contributed by atoms with Crippen LogP contribution in [0.4, 0.5) is 10.5 Å². The molecule has 1 aromatic carbocycles. The molecular formula is C14H20N2O4. The Kier molecular flexibility index (Phi) is 4.68. The van der Waals surface area contributed by atoms with Gasteiger partial charge in [-0.25, -0.2) is 4.79 Å². The van der Waals surface area contributed by atoms with E-state index in [1.807, 2.05) is 0 Å². The fourth-order valence-electron chi connectivity index (χ4n) is 2.40. The number of aliphatic hydroxyl groups is 1. The van der Waals surface area contributed by atoms with Gasteiger partial charge in [0.25, 0.3) is 0 Å². The highest BCUT2D eigenvalue weighted by Gasteiger charge is 2.28. The first-order valence-corrected chi connectivity index (χ1v) is 6.60. The molecule has 2 amide bonds. The predicted molar refractivity (Wildman–Crippen MR) is 75.4 cm³/mol. The molecule has 0 spiro atoms. The zero-order valence-corrected chi connectivity index (χ0v) is 11.8. The second-order valence-electron chi connectivity index (χ2n) is 4.67. The molecule has 1 saturated heterocycles. The summed E-state index contributed by atoms with van der Waals surface area (Å²) < 4.78 is 10.3. The minimum absolute atomic E-state index is 0.000641. The van der Waals surface area contributed by atoms with Crippen LogP contribution in [0, 0.1) is 0 Å². The maximum Gasteiger partial charge on any atom is 0.322 e. The second kappa shape index (κ2) is 6.47. The largest absolute Gasteiger partial charge is 0.493 e. The summed E-state index contributed by atoms with van der Waals surface area (Å²) in [5.41, 5.74) is 0.635. The van der Waals surface area contributed by atoms with Crippen molar-refractivity contribution >= 4 is 11.7 Å². The number of urea groups is 1. The van der Waals surface area contributed by atoms with Crippen molar-refractivity contribution in [2.24, 2.45) is 0 Å². The minimum atomic E-state index is -0.200. The molecule has 20 heavy (non-hydrogen) atoms. The normalized spacial score (nSPS) is 17.9.